The van der Waals surface area contributed by atoms with Crippen LogP contribution in [0.5, 0.6) is 0 Å². The van der Waals surface area contributed by atoms with E-state index < -0.39 is 35.2 Å². The van der Waals surface area contributed by atoms with Gasteiger partial charge in [0.2, 0.25) is 11.8 Å². The molecule has 7 nitrogen and oxygen atoms in total. The van der Waals surface area contributed by atoms with Crippen molar-refractivity contribution >= 4 is 29.2 Å². The van der Waals surface area contributed by atoms with Crippen molar-refractivity contribution in [3.63, 3.8) is 0 Å². The first kappa shape index (κ1) is 13.8. The van der Waals surface area contributed by atoms with Gasteiger partial charge >= 0.3 is 5.97 Å². The van der Waals surface area contributed by atoms with Crippen LogP contribution in [0.4, 0.5) is 15.8 Å². The van der Waals surface area contributed by atoms with Crippen molar-refractivity contribution in [1.29, 1.82) is 0 Å². The van der Waals surface area contributed by atoms with Crippen molar-refractivity contribution < 1.29 is 23.9 Å². The molecule has 1 fully saturated rings. The van der Waals surface area contributed by atoms with Gasteiger partial charge < -0.3 is 15.7 Å². The fraction of sp³-hybridized carbons (Fsp3) is 0.250. The standard InChI is InChI=1S/C12H12FN3O4/c1-5-11(18)15-10(17)4-16(5)9-3-7(13)6(12(19)20)2-8(9)14/h2-3,5H,4,14H2,1H3,(H,19,20)(H,15,17,18). The smallest absolute Gasteiger partial charge is 0.338 e. The van der Waals surface area contributed by atoms with E-state index in [1.807, 2.05) is 0 Å². The predicted octanol–water partition coefficient (Wildman–Crippen LogP) is -0.0426. The third-order valence-corrected chi connectivity index (χ3v) is 3.08. The van der Waals surface area contributed by atoms with Crippen LogP contribution >= 0.6 is 0 Å². The van der Waals surface area contributed by atoms with E-state index in [2.05, 4.69) is 5.32 Å². The number of anilines is 2. The number of benzene rings is 1. The van der Waals surface area contributed by atoms with Crippen molar-refractivity contribution in [1.82, 2.24) is 5.32 Å². The number of halogens is 1. The van der Waals surface area contributed by atoms with Gasteiger partial charge in [0, 0.05) is 6.07 Å². The van der Waals surface area contributed by atoms with Crippen LogP contribution in [0, 0.1) is 5.82 Å². The molecule has 20 heavy (non-hydrogen) atoms. The zero-order valence-electron chi connectivity index (χ0n) is 10.5. The molecule has 1 aromatic rings. The van der Waals surface area contributed by atoms with Crippen LogP contribution in [0.3, 0.4) is 0 Å². The summed E-state index contributed by atoms with van der Waals surface area (Å²) in [7, 11) is 0. The van der Waals surface area contributed by atoms with Crippen molar-refractivity contribution in [3.8, 4) is 0 Å². The molecule has 1 atom stereocenters. The molecular weight excluding hydrogens is 269 g/mol. The summed E-state index contributed by atoms with van der Waals surface area (Å²) in [6.07, 6.45) is 0. The van der Waals surface area contributed by atoms with Crippen LogP contribution < -0.4 is 16.0 Å². The summed E-state index contributed by atoms with van der Waals surface area (Å²) in [5, 5.41) is 10.9. The largest absolute Gasteiger partial charge is 0.478 e. The van der Waals surface area contributed by atoms with Gasteiger partial charge in [-0.3, -0.25) is 14.9 Å². The molecule has 1 heterocycles. The topological polar surface area (TPSA) is 113 Å². The summed E-state index contributed by atoms with van der Waals surface area (Å²) in [4.78, 5) is 35.1. The summed E-state index contributed by atoms with van der Waals surface area (Å²) in [6, 6.07) is 1.17. The molecule has 1 aliphatic heterocycles. The van der Waals surface area contributed by atoms with Gasteiger partial charge in [-0.25, -0.2) is 9.18 Å². The molecule has 1 unspecified atom stereocenters. The monoisotopic (exact) mass is 281 g/mol. The quantitative estimate of drug-likeness (QED) is 0.518. The Bertz CT molecular complexity index is 617. The molecule has 1 saturated heterocycles. The Morgan fingerprint density at radius 2 is 2.15 bits per heavy atom. The number of carbonyl (C=O) groups excluding carboxylic acids is 2. The van der Waals surface area contributed by atoms with Crippen LogP contribution in [-0.4, -0.2) is 35.5 Å². The third-order valence-electron chi connectivity index (χ3n) is 3.08. The number of nitrogens with one attached hydrogen (secondary N) is 1. The number of carboxylic acid groups (broad SMARTS) is 1. The van der Waals surface area contributed by atoms with Gasteiger partial charge in [0.05, 0.1) is 23.5 Å². The molecule has 0 spiro atoms. The molecule has 106 valence electrons. The SMILES string of the molecule is CC1C(=O)NC(=O)CN1c1cc(F)c(C(=O)O)cc1N. The number of aromatic carboxylic acids is 1. The van der Waals surface area contributed by atoms with Crippen molar-refractivity contribution in [2.75, 3.05) is 17.2 Å². The molecule has 0 radical (unpaired) electrons. The molecule has 0 aromatic heterocycles. The highest BCUT2D eigenvalue weighted by Gasteiger charge is 2.32. The molecular formula is C12H12FN3O4. The molecule has 2 rings (SSSR count). The maximum absolute atomic E-state index is 13.7. The van der Waals surface area contributed by atoms with Gasteiger partial charge in [-0.2, -0.15) is 0 Å². The first-order chi connectivity index (χ1) is 9.31. The van der Waals surface area contributed by atoms with E-state index in [1.165, 1.54) is 11.8 Å². The normalized spacial score (nSPS) is 18.9. The first-order valence-electron chi connectivity index (χ1n) is 5.74. The van der Waals surface area contributed by atoms with Gasteiger partial charge in [-0.15, -0.1) is 0 Å². The molecule has 0 aliphatic carbocycles. The Labute approximate surface area is 113 Å². The Morgan fingerprint density at radius 3 is 2.75 bits per heavy atom. The lowest BCUT2D eigenvalue weighted by Gasteiger charge is -2.34. The number of amides is 2. The molecule has 1 aromatic carbocycles. The number of imide groups is 1. The Kier molecular flexibility index (Phi) is 3.31. The number of piperazine rings is 1. The number of hydrogen-bond donors (Lipinski definition) is 3. The Hall–Kier alpha value is -2.64. The number of nitrogen functional groups attached to an aromatic ring is 1. The first-order valence-corrected chi connectivity index (χ1v) is 5.74. The minimum Gasteiger partial charge on any atom is -0.478 e. The molecule has 0 bridgehead atoms. The number of carboxylic acids is 1. The average Bonchev–Trinajstić information content (AvgIpc) is 2.36. The van der Waals surface area contributed by atoms with E-state index in [-0.39, 0.29) is 17.9 Å². The minimum absolute atomic E-state index is 0.0156. The molecule has 8 heteroatoms. The number of rotatable bonds is 2. The fourth-order valence-corrected chi connectivity index (χ4v) is 2.00. The van der Waals surface area contributed by atoms with Gasteiger partial charge in [-0.1, -0.05) is 0 Å². The maximum atomic E-state index is 13.7. The van der Waals surface area contributed by atoms with Crippen LogP contribution in [0.15, 0.2) is 12.1 Å². The van der Waals surface area contributed by atoms with Gasteiger partial charge in [0.25, 0.3) is 0 Å². The number of carbonyl (C=O) groups is 3. The highest BCUT2D eigenvalue weighted by atomic mass is 19.1. The lowest BCUT2D eigenvalue weighted by molar-refractivity contribution is -0.132. The molecule has 0 saturated carbocycles. The molecule has 2 amide bonds. The summed E-state index contributed by atoms with van der Waals surface area (Å²) in [5.41, 5.74) is 5.23. The Balaban J connectivity index is 2.47. The highest BCUT2D eigenvalue weighted by molar-refractivity contribution is 6.05. The number of hydrogen-bond acceptors (Lipinski definition) is 5. The van der Waals surface area contributed by atoms with Gasteiger partial charge in [0.15, 0.2) is 0 Å². The zero-order chi connectivity index (χ0) is 15.0. The lowest BCUT2D eigenvalue weighted by Crippen LogP contribution is -2.57. The fourth-order valence-electron chi connectivity index (χ4n) is 2.00. The van der Waals surface area contributed by atoms with Crippen molar-refractivity contribution in [2.45, 2.75) is 13.0 Å². The summed E-state index contributed by atoms with van der Waals surface area (Å²) < 4.78 is 13.7. The van der Waals surface area contributed by atoms with Crippen molar-refractivity contribution in [2.24, 2.45) is 0 Å². The average molecular weight is 281 g/mol. The molecule has 4 N–H and O–H groups in total. The second-order valence-electron chi connectivity index (χ2n) is 4.41. The summed E-state index contributed by atoms with van der Waals surface area (Å²) in [5.74, 6) is -3.48. The van der Waals surface area contributed by atoms with Crippen LogP contribution in [0.2, 0.25) is 0 Å². The highest BCUT2D eigenvalue weighted by Crippen LogP contribution is 2.29. The zero-order valence-corrected chi connectivity index (χ0v) is 10.5. The lowest BCUT2D eigenvalue weighted by atomic mass is 10.1. The van der Waals surface area contributed by atoms with Crippen molar-refractivity contribution in [3.05, 3.63) is 23.5 Å². The Morgan fingerprint density at radius 1 is 1.50 bits per heavy atom. The van der Waals surface area contributed by atoms with E-state index in [0.717, 1.165) is 12.1 Å². The van der Waals surface area contributed by atoms with Crippen LogP contribution in [0.1, 0.15) is 17.3 Å². The van der Waals surface area contributed by atoms with E-state index in [9.17, 15) is 18.8 Å². The second-order valence-corrected chi connectivity index (χ2v) is 4.41. The van der Waals surface area contributed by atoms with E-state index in [4.69, 9.17) is 10.8 Å². The second kappa shape index (κ2) is 4.80. The predicted molar refractivity (Wildman–Crippen MR) is 67.7 cm³/mol. The number of nitrogens with zero attached hydrogens (tertiary/aromatic N) is 1. The van der Waals surface area contributed by atoms with Crippen LogP contribution in [-0.2, 0) is 9.59 Å². The number of nitrogens with two attached hydrogens (primary N) is 1. The van der Waals surface area contributed by atoms with E-state index in [0.29, 0.717) is 0 Å². The van der Waals surface area contributed by atoms with E-state index >= 15 is 0 Å². The van der Waals surface area contributed by atoms with E-state index in [1.54, 1.807) is 0 Å². The third kappa shape index (κ3) is 2.27. The summed E-state index contributed by atoms with van der Waals surface area (Å²) in [6.45, 7) is 1.37. The van der Waals surface area contributed by atoms with Gasteiger partial charge in [0.1, 0.15) is 11.9 Å². The maximum Gasteiger partial charge on any atom is 0.338 e. The van der Waals surface area contributed by atoms with Gasteiger partial charge in [-0.05, 0) is 13.0 Å². The summed E-state index contributed by atoms with van der Waals surface area (Å²) >= 11 is 0. The molecule has 1 aliphatic rings. The minimum atomic E-state index is -1.44. The van der Waals surface area contributed by atoms with Crippen LogP contribution in [0.25, 0.3) is 0 Å².